The normalized spacial score (nSPS) is 19.1. The minimum atomic E-state index is -0.247. The first kappa shape index (κ1) is 11.4. The van der Waals surface area contributed by atoms with Crippen LogP contribution in [0.1, 0.15) is 36.9 Å². The van der Waals surface area contributed by atoms with Gasteiger partial charge in [-0.05, 0) is 31.5 Å². The Kier molecular flexibility index (Phi) is 3.44. The molecule has 0 amide bonds. The van der Waals surface area contributed by atoms with Gasteiger partial charge in [0.05, 0.1) is 6.61 Å². The van der Waals surface area contributed by atoms with Crippen molar-refractivity contribution < 1.29 is 9.13 Å². The molecule has 2 rings (SSSR count). The Bertz CT molecular complexity index is 378. The Morgan fingerprint density at radius 3 is 3.06 bits per heavy atom. The molecule has 1 aromatic rings. The lowest BCUT2D eigenvalue weighted by Crippen LogP contribution is -2.28. The Labute approximate surface area is 95.8 Å². The molecule has 0 spiro atoms. The highest BCUT2D eigenvalue weighted by atomic mass is 19.1. The van der Waals surface area contributed by atoms with Crippen molar-refractivity contribution in [2.24, 2.45) is 0 Å². The number of aryl methyl sites for hydroxylation is 1. The van der Waals surface area contributed by atoms with Crippen molar-refractivity contribution in [3.8, 4) is 5.75 Å². The first-order chi connectivity index (χ1) is 7.74. The first-order valence-corrected chi connectivity index (χ1v) is 5.89. The Balaban J connectivity index is 2.33. The van der Waals surface area contributed by atoms with Crippen molar-refractivity contribution in [1.82, 2.24) is 5.32 Å². The average Bonchev–Trinajstić information content (AvgIpc) is 2.31. The molecule has 0 fully saturated rings. The molecule has 1 N–H and O–H groups in total. The van der Waals surface area contributed by atoms with E-state index in [-0.39, 0.29) is 11.9 Å². The second kappa shape index (κ2) is 4.83. The maximum Gasteiger partial charge on any atom is 0.165 e. The van der Waals surface area contributed by atoms with Crippen LogP contribution >= 0.6 is 0 Å². The summed E-state index contributed by atoms with van der Waals surface area (Å²) in [6, 6.07) is 3.54. The van der Waals surface area contributed by atoms with E-state index in [0.29, 0.717) is 12.4 Å². The van der Waals surface area contributed by atoms with Crippen molar-refractivity contribution in [2.45, 2.75) is 32.7 Å². The van der Waals surface area contributed by atoms with Crippen LogP contribution in [0.4, 0.5) is 4.39 Å². The Morgan fingerprint density at radius 2 is 2.31 bits per heavy atom. The average molecular weight is 223 g/mol. The van der Waals surface area contributed by atoms with Gasteiger partial charge in [0.2, 0.25) is 0 Å². The summed E-state index contributed by atoms with van der Waals surface area (Å²) in [6.07, 6.45) is 2.00. The van der Waals surface area contributed by atoms with Crippen molar-refractivity contribution in [2.75, 3.05) is 13.2 Å². The molecule has 1 aliphatic heterocycles. The molecule has 3 heteroatoms. The predicted molar refractivity (Wildman–Crippen MR) is 62.3 cm³/mol. The SMILES string of the molecule is CCCNC1CCOc2c(F)ccc(C)c21. The van der Waals surface area contributed by atoms with Crippen LogP contribution in [0.5, 0.6) is 5.75 Å². The van der Waals surface area contributed by atoms with E-state index in [1.807, 2.05) is 13.0 Å². The van der Waals surface area contributed by atoms with Crippen LogP contribution in [0, 0.1) is 12.7 Å². The summed E-state index contributed by atoms with van der Waals surface area (Å²) in [5.41, 5.74) is 2.10. The molecule has 0 aliphatic carbocycles. The molecule has 1 aromatic carbocycles. The highest BCUT2D eigenvalue weighted by molar-refractivity contribution is 5.44. The third kappa shape index (κ3) is 2.05. The predicted octanol–water partition coefficient (Wildman–Crippen LogP) is 2.96. The minimum absolute atomic E-state index is 0.236. The van der Waals surface area contributed by atoms with Crippen LogP contribution in [0.15, 0.2) is 12.1 Å². The molecule has 1 unspecified atom stereocenters. The van der Waals surface area contributed by atoms with Gasteiger partial charge < -0.3 is 10.1 Å². The molecule has 88 valence electrons. The number of hydrogen-bond donors (Lipinski definition) is 1. The van der Waals surface area contributed by atoms with E-state index in [4.69, 9.17) is 4.74 Å². The van der Waals surface area contributed by atoms with Gasteiger partial charge in [-0.2, -0.15) is 0 Å². The number of halogens is 1. The summed E-state index contributed by atoms with van der Waals surface area (Å²) in [6.45, 7) is 5.69. The molecule has 1 heterocycles. The van der Waals surface area contributed by atoms with Crippen molar-refractivity contribution >= 4 is 0 Å². The summed E-state index contributed by atoms with van der Waals surface area (Å²) in [7, 11) is 0. The molecule has 0 saturated heterocycles. The fourth-order valence-electron chi connectivity index (χ4n) is 2.20. The van der Waals surface area contributed by atoms with E-state index in [2.05, 4.69) is 12.2 Å². The fraction of sp³-hybridized carbons (Fsp3) is 0.538. The monoisotopic (exact) mass is 223 g/mol. The maximum absolute atomic E-state index is 13.6. The summed E-state index contributed by atoms with van der Waals surface area (Å²) in [4.78, 5) is 0. The summed E-state index contributed by atoms with van der Waals surface area (Å²) in [5.74, 6) is 0.198. The molecule has 0 bridgehead atoms. The summed E-state index contributed by atoms with van der Waals surface area (Å²) < 4.78 is 19.0. The zero-order chi connectivity index (χ0) is 11.5. The first-order valence-electron chi connectivity index (χ1n) is 5.89. The van der Waals surface area contributed by atoms with Gasteiger partial charge in [-0.3, -0.25) is 0 Å². The summed E-state index contributed by atoms with van der Waals surface area (Å²) in [5, 5.41) is 3.45. The van der Waals surface area contributed by atoms with Gasteiger partial charge in [-0.1, -0.05) is 13.0 Å². The minimum Gasteiger partial charge on any atom is -0.490 e. The van der Waals surface area contributed by atoms with E-state index in [9.17, 15) is 4.39 Å². The molecular formula is C13H18FNO. The quantitative estimate of drug-likeness (QED) is 0.850. The highest BCUT2D eigenvalue weighted by Crippen LogP contribution is 2.36. The maximum atomic E-state index is 13.6. The van der Waals surface area contributed by atoms with Gasteiger partial charge in [0.25, 0.3) is 0 Å². The number of benzene rings is 1. The van der Waals surface area contributed by atoms with Crippen LogP contribution in [0.25, 0.3) is 0 Å². The van der Waals surface area contributed by atoms with Crippen LogP contribution in [0.2, 0.25) is 0 Å². The lowest BCUT2D eigenvalue weighted by Gasteiger charge is -2.28. The lowest BCUT2D eigenvalue weighted by molar-refractivity contribution is 0.240. The van der Waals surface area contributed by atoms with E-state index >= 15 is 0 Å². The van der Waals surface area contributed by atoms with Gasteiger partial charge in [0, 0.05) is 18.0 Å². The standard InChI is InChI=1S/C13H18FNO/c1-3-7-15-11-6-8-16-13-10(14)5-4-9(2)12(11)13/h4-5,11,15H,3,6-8H2,1-2H3. The van der Waals surface area contributed by atoms with Crippen LogP contribution in [-0.4, -0.2) is 13.2 Å². The zero-order valence-corrected chi connectivity index (χ0v) is 9.85. The lowest BCUT2D eigenvalue weighted by atomic mass is 9.95. The largest absolute Gasteiger partial charge is 0.490 e. The smallest absolute Gasteiger partial charge is 0.165 e. The molecule has 0 saturated carbocycles. The van der Waals surface area contributed by atoms with Crippen LogP contribution in [0.3, 0.4) is 0 Å². The number of fused-ring (bicyclic) bond motifs is 1. The second-order valence-corrected chi connectivity index (χ2v) is 4.25. The molecule has 0 aromatic heterocycles. The van der Waals surface area contributed by atoms with Gasteiger partial charge in [0.15, 0.2) is 11.6 Å². The molecular weight excluding hydrogens is 205 g/mol. The van der Waals surface area contributed by atoms with E-state index in [1.165, 1.54) is 6.07 Å². The van der Waals surface area contributed by atoms with Gasteiger partial charge in [-0.15, -0.1) is 0 Å². The van der Waals surface area contributed by atoms with Crippen LogP contribution < -0.4 is 10.1 Å². The molecule has 2 nitrogen and oxygen atoms in total. The zero-order valence-electron chi connectivity index (χ0n) is 9.85. The molecule has 16 heavy (non-hydrogen) atoms. The highest BCUT2D eigenvalue weighted by Gasteiger charge is 2.25. The van der Waals surface area contributed by atoms with Crippen molar-refractivity contribution in [1.29, 1.82) is 0 Å². The van der Waals surface area contributed by atoms with Gasteiger partial charge in [-0.25, -0.2) is 4.39 Å². The number of ether oxygens (including phenoxy) is 1. The topological polar surface area (TPSA) is 21.3 Å². The van der Waals surface area contributed by atoms with E-state index < -0.39 is 0 Å². The Hall–Kier alpha value is -1.09. The van der Waals surface area contributed by atoms with Crippen LogP contribution in [-0.2, 0) is 0 Å². The third-order valence-electron chi connectivity index (χ3n) is 3.01. The van der Waals surface area contributed by atoms with E-state index in [1.54, 1.807) is 0 Å². The molecule has 1 aliphatic rings. The molecule has 1 atom stereocenters. The van der Waals surface area contributed by atoms with Crippen molar-refractivity contribution in [3.63, 3.8) is 0 Å². The number of rotatable bonds is 3. The summed E-state index contributed by atoms with van der Waals surface area (Å²) >= 11 is 0. The number of nitrogens with one attached hydrogen (secondary N) is 1. The number of hydrogen-bond acceptors (Lipinski definition) is 2. The van der Waals surface area contributed by atoms with Gasteiger partial charge in [0.1, 0.15) is 0 Å². The van der Waals surface area contributed by atoms with Gasteiger partial charge >= 0.3 is 0 Å². The Morgan fingerprint density at radius 1 is 1.50 bits per heavy atom. The van der Waals surface area contributed by atoms with E-state index in [0.717, 1.165) is 30.5 Å². The fourth-order valence-corrected chi connectivity index (χ4v) is 2.20. The third-order valence-corrected chi connectivity index (χ3v) is 3.01. The second-order valence-electron chi connectivity index (χ2n) is 4.25. The molecule has 0 radical (unpaired) electrons. The van der Waals surface area contributed by atoms with Crippen molar-refractivity contribution in [3.05, 3.63) is 29.1 Å².